The second kappa shape index (κ2) is 5.09. The van der Waals surface area contributed by atoms with Gasteiger partial charge in [0, 0.05) is 6.42 Å². The number of hydrogen-bond donors (Lipinski definition) is 0. The first-order valence-electron chi connectivity index (χ1n) is 6.49. The van der Waals surface area contributed by atoms with Crippen molar-refractivity contribution >= 4 is 33.7 Å². The third-order valence-electron chi connectivity index (χ3n) is 2.82. The maximum absolute atomic E-state index is 11.8. The Hall–Kier alpha value is -0.756. The number of nitrogens with zero attached hydrogens (tertiary/aromatic N) is 2. The van der Waals surface area contributed by atoms with Crippen molar-refractivity contribution in [3.63, 3.8) is 0 Å². The predicted molar refractivity (Wildman–Crippen MR) is 79.8 cm³/mol. The van der Waals surface area contributed by atoms with E-state index in [1.54, 1.807) is 0 Å². The van der Waals surface area contributed by atoms with Crippen LogP contribution in [0.2, 0.25) is 39.3 Å². The molecule has 1 saturated carbocycles. The first kappa shape index (κ1) is 15.3. The lowest BCUT2D eigenvalue weighted by atomic mass is 9.96. The first-order chi connectivity index (χ1) is 8.03. The van der Waals surface area contributed by atoms with Gasteiger partial charge in [-0.1, -0.05) is 39.3 Å². The van der Waals surface area contributed by atoms with Crippen LogP contribution in [-0.2, 0) is 9.59 Å². The highest BCUT2D eigenvalue weighted by molar-refractivity contribution is 6.89. The van der Waals surface area contributed by atoms with Crippen LogP contribution in [0.5, 0.6) is 0 Å². The summed E-state index contributed by atoms with van der Waals surface area (Å²) >= 11 is 0. The zero-order chi connectivity index (χ0) is 14.1. The zero-order valence-electron chi connectivity index (χ0n) is 12.3. The lowest BCUT2D eigenvalue weighted by Gasteiger charge is -2.42. The Morgan fingerprint density at radius 3 is 1.89 bits per heavy atom. The van der Waals surface area contributed by atoms with Gasteiger partial charge in [-0.2, -0.15) is 5.10 Å². The summed E-state index contributed by atoms with van der Waals surface area (Å²) in [7, 11) is -3.23. The molecule has 4 nitrogen and oxygen atoms in total. The lowest BCUT2D eigenvalue weighted by Crippen LogP contribution is -2.56. The Kier molecular flexibility index (Phi) is 4.32. The van der Waals surface area contributed by atoms with Crippen molar-refractivity contribution in [2.24, 2.45) is 5.10 Å². The minimum Gasteiger partial charge on any atom is -0.349 e. The van der Waals surface area contributed by atoms with Crippen LogP contribution in [0.25, 0.3) is 0 Å². The summed E-state index contributed by atoms with van der Waals surface area (Å²) in [5.74, 6) is -0.631. The fraction of sp³-hybridized carbons (Fsp3) is 0.750. The number of carbonyl (C=O) groups is 2. The van der Waals surface area contributed by atoms with Gasteiger partial charge in [-0.05, 0) is 12.8 Å². The fourth-order valence-corrected chi connectivity index (χ4v) is 11.2. The smallest absolute Gasteiger partial charge is 0.244 e. The maximum atomic E-state index is 11.8. The minimum absolute atomic E-state index is 0.272. The van der Waals surface area contributed by atoms with Crippen LogP contribution in [0.4, 0.5) is 0 Å². The highest BCUT2D eigenvalue weighted by atomic mass is 28.4. The molecule has 0 aromatic carbocycles. The van der Waals surface area contributed by atoms with E-state index in [0.717, 1.165) is 6.42 Å². The van der Waals surface area contributed by atoms with Crippen molar-refractivity contribution in [1.82, 2.24) is 4.34 Å². The number of hydrogen-bond acceptors (Lipinski definition) is 4. The van der Waals surface area contributed by atoms with Crippen LogP contribution in [0.1, 0.15) is 19.3 Å². The van der Waals surface area contributed by atoms with Gasteiger partial charge in [0.1, 0.15) is 5.71 Å². The second-order valence-electron chi connectivity index (χ2n) is 6.81. The zero-order valence-corrected chi connectivity index (χ0v) is 14.3. The van der Waals surface area contributed by atoms with Gasteiger partial charge in [0.2, 0.25) is 11.6 Å². The van der Waals surface area contributed by atoms with E-state index in [4.69, 9.17) is 0 Å². The van der Waals surface area contributed by atoms with Crippen molar-refractivity contribution < 1.29 is 9.59 Å². The third-order valence-corrected chi connectivity index (χ3v) is 9.59. The minimum atomic E-state index is -1.61. The van der Waals surface area contributed by atoms with E-state index in [2.05, 4.69) is 48.7 Å². The van der Waals surface area contributed by atoms with Gasteiger partial charge in [-0.15, -0.1) is 0 Å². The van der Waals surface area contributed by atoms with Crippen molar-refractivity contribution in [2.45, 2.75) is 58.5 Å². The van der Waals surface area contributed by atoms with E-state index < -0.39 is 16.5 Å². The van der Waals surface area contributed by atoms with Crippen LogP contribution < -0.4 is 0 Å². The molecular formula is C12H24N2O2Si2. The van der Waals surface area contributed by atoms with E-state index in [1.807, 2.05) is 0 Å². The maximum Gasteiger partial charge on any atom is 0.244 e. The van der Waals surface area contributed by atoms with Gasteiger partial charge in [0.15, 0.2) is 16.5 Å². The molecular weight excluding hydrogens is 260 g/mol. The summed E-state index contributed by atoms with van der Waals surface area (Å²) < 4.78 is 2.20. The van der Waals surface area contributed by atoms with Gasteiger partial charge in [0.05, 0.1) is 0 Å². The fourth-order valence-electron chi connectivity index (χ4n) is 2.33. The molecule has 6 heteroatoms. The van der Waals surface area contributed by atoms with Crippen LogP contribution >= 0.6 is 0 Å². The van der Waals surface area contributed by atoms with E-state index in [0.29, 0.717) is 18.6 Å². The van der Waals surface area contributed by atoms with E-state index in [9.17, 15) is 9.59 Å². The quantitative estimate of drug-likeness (QED) is 0.455. The Morgan fingerprint density at radius 2 is 1.44 bits per heavy atom. The molecule has 0 aromatic rings. The number of carbonyl (C=O) groups excluding carboxylic acids is 2. The van der Waals surface area contributed by atoms with Crippen molar-refractivity contribution in [2.75, 3.05) is 0 Å². The monoisotopic (exact) mass is 284 g/mol. The van der Waals surface area contributed by atoms with E-state index >= 15 is 0 Å². The van der Waals surface area contributed by atoms with E-state index in [1.165, 1.54) is 0 Å². The molecule has 0 saturated heterocycles. The number of rotatable bonds is 3. The van der Waals surface area contributed by atoms with Crippen LogP contribution in [0.3, 0.4) is 0 Å². The molecule has 18 heavy (non-hydrogen) atoms. The molecule has 0 heterocycles. The Morgan fingerprint density at radius 1 is 0.944 bits per heavy atom. The molecule has 0 unspecified atom stereocenters. The van der Waals surface area contributed by atoms with Gasteiger partial charge in [-0.25, -0.2) is 0 Å². The van der Waals surface area contributed by atoms with Crippen LogP contribution in [0, 0.1) is 0 Å². The largest absolute Gasteiger partial charge is 0.349 e. The van der Waals surface area contributed by atoms with Gasteiger partial charge in [0.25, 0.3) is 0 Å². The molecule has 0 amide bonds. The second-order valence-corrected chi connectivity index (χ2v) is 16.8. The molecule has 0 aromatic heterocycles. The third kappa shape index (κ3) is 3.62. The molecule has 0 spiro atoms. The molecule has 1 aliphatic rings. The Bertz CT molecular complexity index is 378. The normalized spacial score (nSPS) is 20.4. The average molecular weight is 285 g/mol. The highest BCUT2D eigenvalue weighted by Crippen LogP contribution is 2.22. The number of hydrazone groups is 1. The summed E-state index contributed by atoms with van der Waals surface area (Å²) in [5.41, 5.74) is 0.482. The van der Waals surface area contributed by atoms with E-state index in [-0.39, 0.29) is 11.6 Å². The standard InChI is InChI=1S/C12H24N2O2Si2/c1-17(2,3)14(18(4,5)6)13-10-8-7-9-11(15)12(10)16/h7-9H2,1-6H3. The lowest BCUT2D eigenvalue weighted by molar-refractivity contribution is -0.133. The average Bonchev–Trinajstić information content (AvgIpc) is 2.16. The van der Waals surface area contributed by atoms with Gasteiger partial charge in [-0.3, -0.25) is 9.59 Å². The molecule has 1 rings (SSSR count). The summed E-state index contributed by atoms with van der Waals surface area (Å²) in [6, 6.07) is 0. The summed E-state index contributed by atoms with van der Waals surface area (Å²) in [5, 5.41) is 4.61. The Balaban J connectivity index is 3.09. The summed E-state index contributed by atoms with van der Waals surface area (Å²) in [6.45, 7) is 13.4. The molecule has 0 radical (unpaired) electrons. The van der Waals surface area contributed by atoms with Gasteiger partial charge < -0.3 is 4.34 Å². The molecule has 0 aliphatic heterocycles. The SMILES string of the molecule is C[Si](C)(C)N(N=C1CCCC(=O)C1=O)[Si](C)(C)C. The Labute approximate surface area is 112 Å². The molecule has 0 atom stereocenters. The topological polar surface area (TPSA) is 49.7 Å². The molecule has 0 N–H and O–H groups in total. The summed E-state index contributed by atoms with van der Waals surface area (Å²) in [4.78, 5) is 23.3. The number of ketones is 2. The molecule has 102 valence electrons. The predicted octanol–water partition coefficient (Wildman–Crippen LogP) is 2.64. The van der Waals surface area contributed by atoms with Crippen molar-refractivity contribution in [1.29, 1.82) is 0 Å². The summed E-state index contributed by atoms with van der Waals surface area (Å²) in [6.07, 6.45) is 1.79. The number of Topliss-reactive ketones (excluding diaryl/α,β-unsaturated/α-hetero) is 2. The van der Waals surface area contributed by atoms with Crippen LogP contribution in [0.15, 0.2) is 5.10 Å². The highest BCUT2D eigenvalue weighted by Gasteiger charge is 2.35. The molecule has 1 fully saturated rings. The van der Waals surface area contributed by atoms with Gasteiger partial charge >= 0.3 is 0 Å². The first-order valence-corrected chi connectivity index (χ1v) is 13.4. The van der Waals surface area contributed by atoms with Crippen LogP contribution in [-0.4, -0.2) is 38.1 Å². The van der Waals surface area contributed by atoms with Crippen molar-refractivity contribution in [3.05, 3.63) is 0 Å². The van der Waals surface area contributed by atoms with Crippen molar-refractivity contribution in [3.8, 4) is 0 Å². The molecule has 1 aliphatic carbocycles. The molecule has 0 bridgehead atoms.